The fourth-order valence-electron chi connectivity index (χ4n) is 2.47. The number of nitrogens with zero attached hydrogens (tertiary/aromatic N) is 5. The van der Waals surface area contributed by atoms with Crippen molar-refractivity contribution in [2.75, 3.05) is 19.5 Å². The second-order valence-electron chi connectivity index (χ2n) is 5.61. The summed E-state index contributed by atoms with van der Waals surface area (Å²) < 4.78 is 11.8. The van der Waals surface area contributed by atoms with Gasteiger partial charge >= 0.3 is 11.9 Å². The summed E-state index contributed by atoms with van der Waals surface area (Å²) in [6, 6.07) is 7.04. The Morgan fingerprint density at radius 2 is 1.93 bits per heavy atom. The number of azide groups is 1. The van der Waals surface area contributed by atoms with Gasteiger partial charge in [0.15, 0.2) is 5.16 Å². The van der Waals surface area contributed by atoms with Gasteiger partial charge in [0.25, 0.3) is 0 Å². The summed E-state index contributed by atoms with van der Waals surface area (Å²) in [7, 11) is 0. The lowest BCUT2D eigenvalue weighted by atomic mass is 10.1. The van der Waals surface area contributed by atoms with Crippen LogP contribution in [-0.4, -0.2) is 41.0 Å². The maximum atomic E-state index is 12.0. The molecule has 0 fully saturated rings. The van der Waals surface area contributed by atoms with Crippen molar-refractivity contribution >= 4 is 29.8 Å². The monoisotopic (exact) mass is 415 g/mol. The summed E-state index contributed by atoms with van der Waals surface area (Å²) in [6.45, 7) is 4.35. The second kappa shape index (κ2) is 10.9. The van der Waals surface area contributed by atoms with Crippen molar-refractivity contribution in [2.24, 2.45) is 5.11 Å². The van der Waals surface area contributed by atoms with Gasteiger partial charge in [0.05, 0.1) is 37.2 Å². The molecule has 1 aromatic heterocycles. The van der Waals surface area contributed by atoms with Gasteiger partial charge in [0.1, 0.15) is 5.70 Å². The van der Waals surface area contributed by atoms with Crippen LogP contribution in [0.15, 0.2) is 46.4 Å². The summed E-state index contributed by atoms with van der Waals surface area (Å²) >= 11 is 1.44. The Kier molecular flexibility index (Phi) is 8.32. The average molecular weight is 415 g/mol. The summed E-state index contributed by atoms with van der Waals surface area (Å²) in [6.07, 6.45) is 4.91. The minimum absolute atomic E-state index is 0.152. The zero-order valence-electron chi connectivity index (χ0n) is 16.4. The van der Waals surface area contributed by atoms with Crippen LogP contribution in [0.4, 0.5) is 0 Å². The lowest BCUT2D eigenvalue weighted by Gasteiger charge is -2.10. The van der Waals surface area contributed by atoms with Crippen LogP contribution in [0.25, 0.3) is 16.5 Å². The highest BCUT2D eigenvalue weighted by Crippen LogP contribution is 2.21. The van der Waals surface area contributed by atoms with Crippen LogP contribution in [0.1, 0.15) is 35.5 Å². The molecule has 0 bridgehead atoms. The van der Waals surface area contributed by atoms with Gasteiger partial charge in [0.2, 0.25) is 0 Å². The molecule has 0 saturated heterocycles. The molecule has 1 heterocycles. The molecule has 152 valence electrons. The molecule has 0 N–H and O–H groups in total. The number of ether oxygens (including phenoxy) is 2. The van der Waals surface area contributed by atoms with Crippen molar-refractivity contribution in [3.8, 4) is 0 Å². The normalized spacial score (nSPS) is 10.9. The van der Waals surface area contributed by atoms with Crippen LogP contribution < -0.4 is 0 Å². The zero-order valence-corrected chi connectivity index (χ0v) is 17.2. The molecule has 2 rings (SSSR count). The average Bonchev–Trinajstić information content (AvgIpc) is 3.10. The molecule has 0 aliphatic heterocycles. The van der Waals surface area contributed by atoms with E-state index in [1.54, 1.807) is 32.2 Å². The predicted molar refractivity (Wildman–Crippen MR) is 109 cm³/mol. The van der Waals surface area contributed by atoms with Crippen LogP contribution in [0, 0.1) is 0 Å². The van der Waals surface area contributed by atoms with Crippen molar-refractivity contribution in [3.63, 3.8) is 0 Å². The topological polar surface area (TPSA) is 119 Å². The number of hydrogen-bond acceptors (Lipinski definition) is 7. The Morgan fingerprint density at radius 3 is 2.52 bits per heavy atom. The first kappa shape index (κ1) is 22.1. The molecular weight excluding hydrogens is 394 g/mol. The van der Waals surface area contributed by atoms with Crippen molar-refractivity contribution in [3.05, 3.63) is 63.4 Å². The highest BCUT2D eigenvalue weighted by Gasteiger charge is 2.14. The minimum atomic E-state index is -0.706. The van der Waals surface area contributed by atoms with Crippen molar-refractivity contribution in [1.82, 2.24) is 9.55 Å². The van der Waals surface area contributed by atoms with E-state index < -0.39 is 5.97 Å². The Hall–Kier alpha value is -3.23. The quantitative estimate of drug-likeness (QED) is 0.152. The molecule has 29 heavy (non-hydrogen) atoms. The maximum Gasteiger partial charge on any atom is 0.340 e. The van der Waals surface area contributed by atoms with Crippen molar-refractivity contribution < 1.29 is 19.1 Å². The van der Waals surface area contributed by atoms with E-state index >= 15 is 0 Å². The van der Waals surface area contributed by atoms with E-state index in [2.05, 4.69) is 15.0 Å². The van der Waals surface area contributed by atoms with E-state index in [0.29, 0.717) is 24.4 Å². The van der Waals surface area contributed by atoms with Crippen molar-refractivity contribution in [1.29, 1.82) is 0 Å². The fourth-order valence-corrected chi connectivity index (χ4v) is 3.02. The first-order chi connectivity index (χ1) is 14.0. The largest absolute Gasteiger partial charge is 0.462 e. The molecule has 0 aliphatic carbocycles. The third-order valence-electron chi connectivity index (χ3n) is 3.76. The highest BCUT2D eigenvalue weighted by molar-refractivity contribution is 7.98. The molecule has 1 aromatic carbocycles. The Balaban J connectivity index is 2.35. The SMILES string of the molecule is CCOC(=O)/C(=C/c1cnc(SC)n1Cc1ccc(C(=O)OCC)cc1)N=[N+]=[N-]. The van der Waals surface area contributed by atoms with Crippen LogP contribution in [0.2, 0.25) is 0 Å². The molecule has 0 saturated carbocycles. The number of carbonyl (C=O) groups excluding carboxylic acids is 2. The molecule has 0 unspecified atom stereocenters. The third kappa shape index (κ3) is 5.87. The first-order valence-corrected chi connectivity index (χ1v) is 10.1. The Labute approximate surface area is 172 Å². The van der Waals surface area contributed by atoms with Crippen LogP contribution >= 0.6 is 11.8 Å². The summed E-state index contributed by atoms with van der Waals surface area (Å²) in [5, 5.41) is 4.15. The smallest absolute Gasteiger partial charge is 0.340 e. The molecule has 10 heteroatoms. The van der Waals surface area contributed by atoms with Gasteiger partial charge < -0.3 is 14.0 Å². The fraction of sp³-hybridized carbons (Fsp3) is 0.316. The number of benzene rings is 1. The highest BCUT2D eigenvalue weighted by atomic mass is 32.2. The molecule has 0 radical (unpaired) electrons. The van der Waals surface area contributed by atoms with Crippen LogP contribution in [0.3, 0.4) is 0 Å². The summed E-state index contributed by atoms with van der Waals surface area (Å²) in [4.78, 5) is 30.8. The molecule has 9 nitrogen and oxygen atoms in total. The van der Waals surface area contributed by atoms with Gasteiger partial charge in [-0.1, -0.05) is 29.0 Å². The van der Waals surface area contributed by atoms with Gasteiger partial charge in [-0.25, -0.2) is 14.6 Å². The lowest BCUT2D eigenvalue weighted by Crippen LogP contribution is -2.08. The summed E-state index contributed by atoms with van der Waals surface area (Å²) in [5.41, 5.74) is 10.6. The van der Waals surface area contributed by atoms with E-state index in [4.69, 9.17) is 15.0 Å². The standard InChI is InChI=1S/C19H21N5O4S/c1-4-27-17(25)14-8-6-13(7-9-14)12-24-15(11-21-19(24)29-3)10-16(22-23-20)18(26)28-5-2/h6-11H,4-5,12H2,1-3H3/b16-10-. The minimum Gasteiger partial charge on any atom is -0.462 e. The molecule has 0 amide bonds. The number of imidazole rings is 1. The molecule has 0 atom stereocenters. The maximum absolute atomic E-state index is 12.0. The van der Waals surface area contributed by atoms with Crippen LogP contribution in [-0.2, 0) is 20.8 Å². The van der Waals surface area contributed by atoms with E-state index in [1.165, 1.54) is 17.8 Å². The molecule has 0 spiro atoms. The van der Waals surface area contributed by atoms with Gasteiger partial charge in [-0.05, 0) is 49.4 Å². The van der Waals surface area contributed by atoms with E-state index in [1.807, 2.05) is 23.0 Å². The summed E-state index contributed by atoms with van der Waals surface area (Å²) in [5.74, 6) is -1.08. The number of thioether (sulfide) groups is 1. The molecule has 2 aromatic rings. The van der Waals surface area contributed by atoms with Gasteiger partial charge in [0, 0.05) is 4.91 Å². The van der Waals surface area contributed by atoms with Crippen molar-refractivity contribution in [2.45, 2.75) is 25.5 Å². The number of esters is 2. The Bertz CT molecular complexity index is 946. The van der Waals surface area contributed by atoms with E-state index in [9.17, 15) is 9.59 Å². The van der Waals surface area contributed by atoms with Gasteiger partial charge in [-0.3, -0.25) is 0 Å². The Morgan fingerprint density at radius 1 is 1.24 bits per heavy atom. The third-order valence-corrected chi connectivity index (χ3v) is 4.45. The lowest BCUT2D eigenvalue weighted by molar-refractivity contribution is -0.138. The predicted octanol–water partition coefficient (Wildman–Crippen LogP) is 4.04. The number of carbonyl (C=O) groups is 2. The molecular formula is C19H21N5O4S. The van der Waals surface area contributed by atoms with Gasteiger partial charge in [-0.15, -0.1) is 0 Å². The van der Waals surface area contributed by atoms with E-state index in [-0.39, 0.29) is 18.3 Å². The van der Waals surface area contributed by atoms with E-state index in [0.717, 1.165) is 10.7 Å². The second-order valence-corrected chi connectivity index (χ2v) is 6.39. The van der Waals surface area contributed by atoms with Crippen LogP contribution in [0.5, 0.6) is 0 Å². The molecule has 0 aliphatic rings. The van der Waals surface area contributed by atoms with Gasteiger partial charge in [-0.2, -0.15) is 0 Å². The number of hydrogen-bond donors (Lipinski definition) is 0. The number of aromatic nitrogens is 2. The zero-order chi connectivity index (χ0) is 21.2. The first-order valence-electron chi connectivity index (χ1n) is 8.83. The number of rotatable bonds is 9.